The van der Waals surface area contributed by atoms with Gasteiger partial charge in [-0.1, -0.05) is 33.1 Å². The van der Waals surface area contributed by atoms with Gasteiger partial charge in [0.2, 0.25) is 0 Å². The molecule has 0 N–H and O–H groups in total. The molecule has 1 aromatic rings. The van der Waals surface area contributed by atoms with Gasteiger partial charge >= 0.3 is 0 Å². The Hall–Kier alpha value is -1.37. The van der Waals surface area contributed by atoms with Crippen molar-refractivity contribution in [2.75, 3.05) is 0 Å². The first-order valence-corrected chi connectivity index (χ1v) is 4.44. The Balaban J connectivity index is 3.35. The van der Waals surface area contributed by atoms with Crippen LogP contribution in [0.25, 0.3) is 12.2 Å². The third kappa shape index (κ3) is 1.86. The summed E-state index contributed by atoms with van der Waals surface area (Å²) in [7, 11) is 0. The van der Waals surface area contributed by atoms with Gasteiger partial charge in [-0.2, -0.15) is 0 Å². The van der Waals surface area contributed by atoms with Crippen molar-refractivity contribution in [2.24, 2.45) is 0 Å². The van der Waals surface area contributed by atoms with Crippen molar-refractivity contribution in [1.29, 1.82) is 0 Å². The monoisotopic (exact) mass is 173 g/mol. The Labute approximate surface area is 79.8 Å². The zero-order valence-corrected chi connectivity index (χ0v) is 8.25. The van der Waals surface area contributed by atoms with Crippen LogP contribution in [0.2, 0.25) is 0 Å². The molecule has 1 aromatic heterocycles. The molecular weight excluding hydrogens is 158 g/mol. The molecule has 13 heavy (non-hydrogen) atoms. The fourth-order valence-electron chi connectivity index (χ4n) is 1.39. The third-order valence-corrected chi connectivity index (χ3v) is 2.07. The summed E-state index contributed by atoms with van der Waals surface area (Å²) < 4.78 is 0. The number of pyridine rings is 1. The second kappa shape index (κ2) is 4.04. The number of rotatable bonds is 3. The van der Waals surface area contributed by atoms with Crippen molar-refractivity contribution in [3.63, 3.8) is 0 Å². The van der Waals surface area contributed by atoms with Crippen LogP contribution in [0.15, 0.2) is 25.4 Å². The van der Waals surface area contributed by atoms with Crippen LogP contribution < -0.4 is 0 Å². The van der Waals surface area contributed by atoms with E-state index in [-0.39, 0.29) is 0 Å². The number of hydrogen-bond acceptors (Lipinski definition) is 1. The third-order valence-electron chi connectivity index (χ3n) is 2.07. The van der Waals surface area contributed by atoms with Crippen molar-refractivity contribution in [3.8, 4) is 0 Å². The van der Waals surface area contributed by atoms with Gasteiger partial charge in [-0.15, -0.1) is 0 Å². The highest BCUT2D eigenvalue weighted by Gasteiger charge is 2.06. The molecule has 0 saturated carbocycles. The van der Waals surface area contributed by atoms with Crippen molar-refractivity contribution in [1.82, 2.24) is 4.98 Å². The van der Waals surface area contributed by atoms with E-state index in [4.69, 9.17) is 0 Å². The number of hydrogen-bond donors (Lipinski definition) is 0. The SMILES string of the molecule is C=Cc1nccc(C(C)C)c1C=C. The van der Waals surface area contributed by atoms with Crippen LogP contribution in [0.1, 0.15) is 36.6 Å². The minimum absolute atomic E-state index is 0.495. The minimum atomic E-state index is 0.495. The Bertz CT molecular complexity index is 324. The summed E-state index contributed by atoms with van der Waals surface area (Å²) in [6.45, 7) is 11.8. The number of nitrogens with zero attached hydrogens (tertiary/aromatic N) is 1. The van der Waals surface area contributed by atoms with E-state index >= 15 is 0 Å². The van der Waals surface area contributed by atoms with Crippen LogP contribution in [0, 0.1) is 0 Å². The highest BCUT2D eigenvalue weighted by Crippen LogP contribution is 2.22. The van der Waals surface area contributed by atoms with E-state index in [0.717, 1.165) is 11.3 Å². The smallest absolute Gasteiger partial charge is 0.0698 e. The molecule has 0 fully saturated rings. The molecule has 0 aliphatic heterocycles. The summed E-state index contributed by atoms with van der Waals surface area (Å²) in [5.41, 5.74) is 3.30. The van der Waals surface area contributed by atoms with E-state index < -0.39 is 0 Å². The average molecular weight is 173 g/mol. The molecule has 0 bridgehead atoms. The largest absolute Gasteiger partial charge is 0.256 e. The standard InChI is InChI=1S/C12H15N/c1-5-10-11(9(3)4)7-8-13-12(10)6-2/h5-9H,1-2H2,3-4H3. The minimum Gasteiger partial charge on any atom is -0.256 e. The molecule has 0 radical (unpaired) electrons. The maximum Gasteiger partial charge on any atom is 0.0698 e. The van der Waals surface area contributed by atoms with E-state index in [9.17, 15) is 0 Å². The topological polar surface area (TPSA) is 12.9 Å². The van der Waals surface area contributed by atoms with E-state index in [0.29, 0.717) is 5.92 Å². The van der Waals surface area contributed by atoms with Gasteiger partial charge in [-0.25, -0.2) is 0 Å². The summed E-state index contributed by atoms with van der Waals surface area (Å²) in [4.78, 5) is 4.22. The highest BCUT2D eigenvalue weighted by molar-refractivity contribution is 5.63. The van der Waals surface area contributed by atoms with Crippen molar-refractivity contribution in [2.45, 2.75) is 19.8 Å². The molecule has 68 valence electrons. The quantitative estimate of drug-likeness (QED) is 0.681. The van der Waals surface area contributed by atoms with Gasteiger partial charge in [-0.05, 0) is 23.6 Å². The van der Waals surface area contributed by atoms with Crippen LogP contribution in [-0.4, -0.2) is 4.98 Å². The lowest BCUT2D eigenvalue weighted by atomic mass is 9.97. The van der Waals surface area contributed by atoms with E-state index in [2.05, 4.69) is 32.0 Å². The van der Waals surface area contributed by atoms with Gasteiger partial charge in [0.05, 0.1) is 5.69 Å². The van der Waals surface area contributed by atoms with Gasteiger partial charge in [0.25, 0.3) is 0 Å². The summed E-state index contributed by atoms with van der Waals surface area (Å²) in [6, 6.07) is 2.04. The molecule has 0 aliphatic rings. The molecule has 1 heterocycles. The van der Waals surface area contributed by atoms with Crippen molar-refractivity contribution >= 4 is 12.2 Å². The van der Waals surface area contributed by atoms with Gasteiger partial charge in [-0.3, -0.25) is 4.98 Å². The fourth-order valence-corrected chi connectivity index (χ4v) is 1.39. The van der Waals surface area contributed by atoms with E-state index in [1.54, 1.807) is 6.08 Å². The first-order chi connectivity index (χ1) is 6.20. The summed E-state index contributed by atoms with van der Waals surface area (Å²) >= 11 is 0. The maximum atomic E-state index is 4.22. The Morgan fingerprint density at radius 2 is 2.00 bits per heavy atom. The molecule has 0 unspecified atom stereocenters. The van der Waals surface area contributed by atoms with Crippen molar-refractivity contribution in [3.05, 3.63) is 42.2 Å². The maximum absolute atomic E-state index is 4.22. The van der Waals surface area contributed by atoms with Crippen LogP contribution in [0.3, 0.4) is 0 Å². The van der Waals surface area contributed by atoms with Gasteiger partial charge in [0, 0.05) is 11.8 Å². The Morgan fingerprint density at radius 1 is 1.31 bits per heavy atom. The van der Waals surface area contributed by atoms with Gasteiger partial charge in [0.1, 0.15) is 0 Å². The zero-order valence-electron chi connectivity index (χ0n) is 8.25. The summed E-state index contributed by atoms with van der Waals surface area (Å²) in [6.07, 6.45) is 5.43. The second-order valence-corrected chi connectivity index (χ2v) is 3.26. The molecule has 1 heteroatoms. The first kappa shape index (κ1) is 9.72. The molecule has 0 saturated heterocycles. The normalized spacial score (nSPS) is 10.1. The number of aromatic nitrogens is 1. The Kier molecular flexibility index (Phi) is 3.02. The van der Waals surface area contributed by atoms with E-state index in [1.165, 1.54) is 5.56 Å². The Morgan fingerprint density at radius 3 is 2.46 bits per heavy atom. The lowest BCUT2D eigenvalue weighted by Gasteiger charge is -2.11. The second-order valence-electron chi connectivity index (χ2n) is 3.26. The molecule has 0 amide bonds. The molecule has 0 spiro atoms. The zero-order chi connectivity index (χ0) is 9.84. The average Bonchev–Trinajstić information content (AvgIpc) is 2.16. The predicted octanol–water partition coefficient (Wildman–Crippen LogP) is 3.49. The van der Waals surface area contributed by atoms with Crippen LogP contribution >= 0.6 is 0 Å². The summed E-state index contributed by atoms with van der Waals surface area (Å²) in [5, 5.41) is 0. The van der Waals surface area contributed by atoms with Crippen LogP contribution in [-0.2, 0) is 0 Å². The lowest BCUT2D eigenvalue weighted by Crippen LogP contribution is -1.96. The van der Waals surface area contributed by atoms with Gasteiger partial charge < -0.3 is 0 Å². The summed E-state index contributed by atoms with van der Waals surface area (Å²) in [5.74, 6) is 0.495. The highest BCUT2D eigenvalue weighted by atomic mass is 14.7. The first-order valence-electron chi connectivity index (χ1n) is 4.44. The molecule has 0 aliphatic carbocycles. The lowest BCUT2D eigenvalue weighted by molar-refractivity contribution is 0.859. The van der Waals surface area contributed by atoms with Crippen LogP contribution in [0.5, 0.6) is 0 Å². The molecule has 0 aromatic carbocycles. The predicted molar refractivity (Wildman–Crippen MR) is 58.5 cm³/mol. The van der Waals surface area contributed by atoms with Gasteiger partial charge in [0.15, 0.2) is 0 Å². The molecule has 1 rings (SSSR count). The van der Waals surface area contributed by atoms with E-state index in [1.807, 2.05) is 18.3 Å². The fraction of sp³-hybridized carbons (Fsp3) is 0.250. The molecule has 1 nitrogen and oxygen atoms in total. The molecular formula is C12H15N. The van der Waals surface area contributed by atoms with Crippen LogP contribution in [0.4, 0.5) is 0 Å². The van der Waals surface area contributed by atoms with Crippen molar-refractivity contribution < 1.29 is 0 Å². The molecule has 0 atom stereocenters.